The highest BCUT2D eigenvalue weighted by atomic mass is 35.5. The fraction of sp³-hybridized carbons (Fsp3) is 0.500. The van der Waals surface area contributed by atoms with Crippen molar-refractivity contribution in [2.75, 3.05) is 33.3 Å². The Balaban J connectivity index is 2.10. The number of hydrogen-bond donors (Lipinski definition) is 0. The van der Waals surface area contributed by atoms with Crippen molar-refractivity contribution in [3.05, 3.63) is 28.3 Å². The molecular weight excluding hydrogens is 304 g/mol. The van der Waals surface area contributed by atoms with E-state index in [0.717, 1.165) is 5.56 Å². The highest BCUT2D eigenvalue weighted by molar-refractivity contribution is 6.32. The van der Waals surface area contributed by atoms with E-state index < -0.39 is 0 Å². The Kier molecular flexibility index (Phi) is 5.29. The van der Waals surface area contributed by atoms with E-state index in [4.69, 9.17) is 16.3 Å². The molecule has 2 rings (SSSR count). The number of carbonyl (C=O) groups is 2. The second kappa shape index (κ2) is 7.01. The van der Waals surface area contributed by atoms with Gasteiger partial charge in [-0.3, -0.25) is 9.59 Å². The molecule has 5 nitrogen and oxygen atoms in total. The second-order valence-electron chi connectivity index (χ2n) is 5.33. The van der Waals surface area contributed by atoms with Gasteiger partial charge in [-0.25, -0.2) is 0 Å². The van der Waals surface area contributed by atoms with Crippen molar-refractivity contribution < 1.29 is 14.3 Å². The fourth-order valence-corrected chi connectivity index (χ4v) is 2.84. The van der Waals surface area contributed by atoms with Crippen molar-refractivity contribution in [2.24, 2.45) is 0 Å². The Hall–Kier alpha value is -1.75. The molecule has 0 N–H and O–H groups in total. The van der Waals surface area contributed by atoms with Gasteiger partial charge in [-0.05, 0) is 24.6 Å². The molecule has 0 saturated carbocycles. The summed E-state index contributed by atoms with van der Waals surface area (Å²) in [5.41, 5.74) is 1.42. The van der Waals surface area contributed by atoms with E-state index in [1.165, 1.54) is 0 Å². The van der Waals surface area contributed by atoms with Gasteiger partial charge in [0.1, 0.15) is 5.75 Å². The van der Waals surface area contributed by atoms with Gasteiger partial charge in [0.15, 0.2) is 0 Å². The van der Waals surface area contributed by atoms with Gasteiger partial charge in [0.05, 0.1) is 12.1 Å². The number of ether oxygens (including phenoxy) is 1. The summed E-state index contributed by atoms with van der Waals surface area (Å²) in [6.45, 7) is 5.98. The molecule has 1 aliphatic heterocycles. The number of methoxy groups -OCH3 is 1. The summed E-state index contributed by atoms with van der Waals surface area (Å²) in [4.78, 5) is 27.9. The number of hydrogen-bond acceptors (Lipinski definition) is 3. The summed E-state index contributed by atoms with van der Waals surface area (Å²) in [7, 11) is 1.55. The van der Waals surface area contributed by atoms with Crippen LogP contribution in [0.5, 0.6) is 5.75 Å². The standard InChI is InChI=1S/C16H21ClN2O3/c1-4-15(20)18-5-7-19(8-6-18)16(21)12-10-13(17)14(22-3)9-11(12)2/h9-10H,4-8H2,1-3H3. The quantitative estimate of drug-likeness (QED) is 0.857. The van der Waals surface area contributed by atoms with Crippen LogP contribution in [0.15, 0.2) is 12.1 Å². The van der Waals surface area contributed by atoms with Gasteiger partial charge < -0.3 is 14.5 Å². The van der Waals surface area contributed by atoms with Gasteiger partial charge in [-0.2, -0.15) is 0 Å². The molecule has 0 spiro atoms. The number of halogens is 1. The minimum Gasteiger partial charge on any atom is -0.495 e. The molecule has 6 heteroatoms. The molecule has 2 amide bonds. The monoisotopic (exact) mass is 324 g/mol. The van der Waals surface area contributed by atoms with Gasteiger partial charge in [-0.15, -0.1) is 0 Å². The molecule has 22 heavy (non-hydrogen) atoms. The highest BCUT2D eigenvalue weighted by Gasteiger charge is 2.25. The number of carbonyl (C=O) groups excluding carboxylic acids is 2. The summed E-state index contributed by atoms with van der Waals surface area (Å²) in [6, 6.07) is 3.42. The molecule has 0 aromatic heterocycles. The third kappa shape index (κ3) is 3.35. The number of rotatable bonds is 3. The SMILES string of the molecule is CCC(=O)N1CCN(C(=O)c2cc(Cl)c(OC)cc2C)CC1. The number of aryl methyl sites for hydroxylation is 1. The molecule has 0 bridgehead atoms. The molecule has 0 aliphatic carbocycles. The first-order chi connectivity index (χ1) is 10.5. The lowest BCUT2D eigenvalue weighted by Gasteiger charge is -2.35. The van der Waals surface area contributed by atoms with Crippen LogP contribution >= 0.6 is 11.6 Å². The van der Waals surface area contributed by atoms with Crippen LogP contribution in [0.3, 0.4) is 0 Å². The van der Waals surface area contributed by atoms with Crippen LogP contribution in [0.2, 0.25) is 5.02 Å². The third-order valence-electron chi connectivity index (χ3n) is 3.95. The van der Waals surface area contributed by atoms with E-state index in [2.05, 4.69) is 0 Å². The van der Waals surface area contributed by atoms with Gasteiger partial charge in [0.25, 0.3) is 5.91 Å². The van der Waals surface area contributed by atoms with Crippen LogP contribution in [0.1, 0.15) is 29.3 Å². The first kappa shape index (κ1) is 16.6. The average molecular weight is 325 g/mol. The highest BCUT2D eigenvalue weighted by Crippen LogP contribution is 2.28. The molecular formula is C16H21ClN2O3. The zero-order valence-electron chi connectivity index (χ0n) is 13.2. The van der Waals surface area contributed by atoms with Gasteiger partial charge in [0, 0.05) is 38.2 Å². The summed E-state index contributed by atoms with van der Waals surface area (Å²) >= 11 is 6.12. The molecule has 1 aromatic rings. The van der Waals surface area contributed by atoms with Crippen LogP contribution < -0.4 is 4.74 Å². The average Bonchev–Trinajstić information content (AvgIpc) is 2.55. The third-order valence-corrected chi connectivity index (χ3v) is 4.25. The summed E-state index contributed by atoms with van der Waals surface area (Å²) in [5.74, 6) is 0.649. The molecule has 1 heterocycles. The van der Waals surface area contributed by atoms with E-state index in [1.54, 1.807) is 29.0 Å². The van der Waals surface area contributed by atoms with Crippen LogP contribution in [-0.4, -0.2) is 54.9 Å². The molecule has 0 atom stereocenters. The minimum atomic E-state index is -0.0503. The Morgan fingerprint density at radius 1 is 1.18 bits per heavy atom. The maximum Gasteiger partial charge on any atom is 0.254 e. The van der Waals surface area contributed by atoms with Crippen molar-refractivity contribution in [3.8, 4) is 5.75 Å². The maximum atomic E-state index is 12.6. The summed E-state index contributed by atoms with van der Waals surface area (Å²) in [5, 5.41) is 0.427. The van der Waals surface area contributed by atoms with Crippen LogP contribution in [0, 0.1) is 6.92 Å². The first-order valence-corrected chi connectivity index (χ1v) is 7.77. The Morgan fingerprint density at radius 3 is 2.32 bits per heavy atom. The Morgan fingerprint density at radius 2 is 1.77 bits per heavy atom. The lowest BCUT2D eigenvalue weighted by Crippen LogP contribution is -2.50. The fourth-order valence-electron chi connectivity index (χ4n) is 2.59. The van der Waals surface area contributed by atoms with Crippen molar-refractivity contribution in [1.29, 1.82) is 0 Å². The van der Waals surface area contributed by atoms with Crippen LogP contribution in [0.25, 0.3) is 0 Å². The molecule has 120 valence electrons. The second-order valence-corrected chi connectivity index (χ2v) is 5.74. The molecule has 1 saturated heterocycles. The predicted octanol–water partition coefficient (Wildman–Crippen LogP) is 2.35. The molecule has 0 radical (unpaired) electrons. The Bertz CT molecular complexity index is 581. The number of nitrogens with zero attached hydrogens (tertiary/aromatic N) is 2. The number of amides is 2. The van der Waals surface area contributed by atoms with Crippen molar-refractivity contribution in [3.63, 3.8) is 0 Å². The zero-order chi connectivity index (χ0) is 16.3. The lowest BCUT2D eigenvalue weighted by molar-refractivity contribution is -0.132. The van der Waals surface area contributed by atoms with Crippen LogP contribution in [-0.2, 0) is 4.79 Å². The Labute approximate surface area is 135 Å². The normalized spacial score (nSPS) is 14.9. The van der Waals surface area contributed by atoms with Gasteiger partial charge in [-0.1, -0.05) is 18.5 Å². The maximum absolute atomic E-state index is 12.6. The molecule has 1 aromatic carbocycles. The van der Waals surface area contributed by atoms with Gasteiger partial charge >= 0.3 is 0 Å². The van der Waals surface area contributed by atoms with E-state index in [9.17, 15) is 9.59 Å². The van der Waals surface area contributed by atoms with Crippen molar-refractivity contribution in [2.45, 2.75) is 20.3 Å². The predicted molar refractivity (Wildman–Crippen MR) is 85.5 cm³/mol. The van der Waals surface area contributed by atoms with Gasteiger partial charge in [0.2, 0.25) is 5.91 Å². The molecule has 1 fully saturated rings. The van der Waals surface area contributed by atoms with Crippen molar-refractivity contribution in [1.82, 2.24) is 9.80 Å². The van der Waals surface area contributed by atoms with E-state index >= 15 is 0 Å². The first-order valence-electron chi connectivity index (χ1n) is 7.39. The van der Waals surface area contributed by atoms with E-state index in [-0.39, 0.29) is 11.8 Å². The minimum absolute atomic E-state index is 0.0503. The lowest BCUT2D eigenvalue weighted by atomic mass is 10.1. The topological polar surface area (TPSA) is 49.9 Å². The smallest absolute Gasteiger partial charge is 0.254 e. The largest absolute Gasteiger partial charge is 0.495 e. The van der Waals surface area contributed by atoms with Crippen LogP contribution in [0.4, 0.5) is 0 Å². The van der Waals surface area contributed by atoms with Crippen molar-refractivity contribution >= 4 is 23.4 Å². The summed E-state index contributed by atoms with van der Waals surface area (Å²) < 4.78 is 5.16. The molecule has 1 aliphatic rings. The summed E-state index contributed by atoms with van der Waals surface area (Å²) in [6.07, 6.45) is 0.501. The molecule has 0 unspecified atom stereocenters. The van der Waals surface area contributed by atoms with E-state index in [0.29, 0.717) is 48.9 Å². The van der Waals surface area contributed by atoms with E-state index in [1.807, 2.05) is 13.8 Å². The number of benzene rings is 1. The zero-order valence-corrected chi connectivity index (χ0v) is 13.9. The number of piperazine rings is 1.